The second-order valence-electron chi connectivity index (χ2n) is 3.85. The third kappa shape index (κ3) is 4.71. The maximum Gasteiger partial charge on any atom is 0.264 e. The van der Waals surface area contributed by atoms with Gasteiger partial charge in [-0.15, -0.1) is 5.10 Å². The van der Waals surface area contributed by atoms with Crippen molar-refractivity contribution in [1.29, 1.82) is 0 Å². The zero-order valence-corrected chi connectivity index (χ0v) is 12.6. The van der Waals surface area contributed by atoms with Crippen molar-refractivity contribution in [3.05, 3.63) is 10.6 Å². The van der Waals surface area contributed by atoms with Crippen LogP contribution in [0.2, 0.25) is 0 Å². The monoisotopic (exact) mass is 319 g/mol. The molecule has 0 aliphatic rings. The number of hydrogen-bond acceptors (Lipinski definition) is 4. The van der Waals surface area contributed by atoms with Gasteiger partial charge in [-0.2, -0.15) is 0 Å². The SMILES string of the molecule is CCCc1nnsc1C(=O)NCCC(Br)CC. The summed E-state index contributed by atoms with van der Waals surface area (Å²) in [5.74, 6) is -0.0424. The van der Waals surface area contributed by atoms with Crippen LogP contribution >= 0.6 is 27.5 Å². The molecule has 0 aromatic carbocycles. The van der Waals surface area contributed by atoms with Gasteiger partial charge >= 0.3 is 0 Å². The van der Waals surface area contributed by atoms with Crippen molar-refractivity contribution >= 4 is 33.4 Å². The lowest BCUT2D eigenvalue weighted by molar-refractivity contribution is 0.0956. The molecule has 1 unspecified atom stereocenters. The van der Waals surface area contributed by atoms with Crippen LogP contribution in [0.4, 0.5) is 0 Å². The molecule has 0 aliphatic carbocycles. The van der Waals surface area contributed by atoms with Gasteiger partial charge in [0.15, 0.2) is 0 Å². The van der Waals surface area contributed by atoms with Gasteiger partial charge in [0.25, 0.3) is 5.91 Å². The standard InChI is InChI=1S/C11H18BrN3OS/c1-3-5-9-10(17-15-14-9)11(16)13-7-6-8(12)4-2/h8H,3-7H2,1-2H3,(H,13,16). The molecule has 0 aliphatic heterocycles. The van der Waals surface area contributed by atoms with Crippen LogP contribution < -0.4 is 5.32 Å². The Morgan fingerprint density at radius 3 is 2.94 bits per heavy atom. The van der Waals surface area contributed by atoms with Crippen molar-refractivity contribution in [2.45, 2.75) is 44.4 Å². The number of hydrogen-bond donors (Lipinski definition) is 1. The Balaban J connectivity index is 2.43. The lowest BCUT2D eigenvalue weighted by Gasteiger charge is -2.07. The molecule has 1 heterocycles. The highest BCUT2D eigenvalue weighted by atomic mass is 79.9. The Hall–Kier alpha value is -0.490. The van der Waals surface area contributed by atoms with E-state index in [4.69, 9.17) is 0 Å². The molecule has 17 heavy (non-hydrogen) atoms. The van der Waals surface area contributed by atoms with Gasteiger partial charge in [-0.25, -0.2) is 0 Å². The fourth-order valence-electron chi connectivity index (χ4n) is 1.41. The minimum atomic E-state index is -0.0424. The van der Waals surface area contributed by atoms with Crippen molar-refractivity contribution < 1.29 is 4.79 Å². The number of rotatable bonds is 7. The van der Waals surface area contributed by atoms with Gasteiger partial charge in [0.05, 0.1) is 5.69 Å². The van der Waals surface area contributed by atoms with Crippen LogP contribution in [-0.2, 0) is 6.42 Å². The predicted octanol–water partition coefficient (Wildman–Crippen LogP) is 2.78. The first-order valence-electron chi connectivity index (χ1n) is 5.92. The van der Waals surface area contributed by atoms with E-state index >= 15 is 0 Å². The van der Waals surface area contributed by atoms with E-state index in [1.165, 1.54) is 11.5 Å². The normalized spacial score (nSPS) is 12.4. The van der Waals surface area contributed by atoms with E-state index in [-0.39, 0.29) is 5.91 Å². The molecule has 96 valence electrons. The van der Waals surface area contributed by atoms with Crippen molar-refractivity contribution in [2.24, 2.45) is 0 Å². The Bertz CT molecular complexity index is 356. The molecule has 0 radical (unpaired) electrons. The number of alkyl halides is 1. The lowest BCUT2D eigenvalue weighted by Crippen LogP contribution is -2.26. The predicted molar refractivity (Wildman–Crippen MR) is 73.9 cm³/mol. The number of carbonyl (C=O) groups is 1. The van der Waals surface area contributed by atoms with Gasteiger partial charge < -0.3 is 5.32 Å². The number of carbonyl (C=O) groups excluding carboxylic acids is 1. The fourth-order valence-corrected chi connectivity index (χ4v) is 2.26. The molecule has 1 amide bonds. The maximum absolute atomic E-state index is 11.9. The molecule has 0 saturated heterocycles. The summed E-state index contributed by atoms with van der Waals surface area (Å²) in [5.41, 5.74) is 0.820. The molecule has 4 nitrogen and oxygen atoms in total. The van der Waals surface area contributed by atoms with Crippen molar-refractivity contribution in [3.8, 4) is 0 Å². The highest BCUT2D eigenvalue weighted by molar-refractivity contribution is 9.09. The zero-order valence-electron chi connectivity index (χ0n) is 10.2. The van der Waals surface area contributed by atoms with Crippen LogP contribution in [0, 0.1) is 0 Å². The summed E-state index contributed by atoms with van der Waals surface area (Å²) >= 11 is 4.72. The molecule has 1 rings (SSSR count). The quantitative estimate of drug-likeness (QED) is 0.786. The first kappa shape index (κ1) is 14.6. The summed E-state index contributed by atoms with van der Waals surface area (Å²) in [6.45, 7) is 4.87. The third-order valence-corrected chi connectivity index (χ3v) is 4.31. The first-order chi connectivity index (χ1) is 8.19. The Morgan fingerprint density at radius 1 is 1.53 bits per heavy atom. The molecule has 1 N–H and O–H groups in total. The van der Waals surface area contributed by atoms with Gasteiger partial charge in [-0.1, -0.05) is 40.7 Å². The second-order valence-corrected chi connectivity index (χ2v) is 5.90. The molecule has 0 fully saturated rings. The Labute approximate surface area is 114 Å². The minimum absolute atomic E-state index is 0.0424. The number of aryl methyl sites for hydroxylation is 1. The Kier molecular flexibility index (Phi) is 6.65. The summed E-state index contributed by atoms with van der Waals surface area (Å²) in [7, 11) is 0. The third-order valence-electron chi connectivity index (χ3n) is 2.43. The zero-order chi connectivity index (χ0) is 12.7. The fraction of sp³-hybridized carbons (Fsp3) is 0.727. The van der Waals surface area contributed by atoms with E-state index in [1.807, 2.05) is 0 Å². The van der Waals surface area contributed by atoms with Gasteiger partial charge in [0, 0.05) is 11.4 Å². The van der Waals surface area contributed by atoms with Crippen LogP contribution in [0.1, 0.15) is 48.5 Å². The van der Waals surface area contributed by atoms with Crippen molar-refractivity contribution in [1.82, 2.24) is 14.9 Å². The van der Waals surface area contributed by atoms with Gasteiger partial charge in [0.1, 0.15) is 4.88 Å². The van der Waals surface area contributed by atoms with E-state index in [9.17, 15) is 4.79 Å². The van der Waals surface area contributed by atoms with E-state index in [0.717, 1.165) is 31.4 Å². The minimum Gasteiger partial charge on any atom is -0.351 e. The second kappa shape index (κ2) is 7.76. The maximum atomic E-state index is 11.9. The summed E-state index contributed by atoms with van der Waals surface area (Å²) < 4.78 is 3.84. The van der Waals surface area contributed by atoms with Crippen molar-refractivity contribution in [3.63, 3.8) is 0 Å². The van der Waals surface area contributed by atoms with Crippen LogP contribution in [0.5, 0.6) is 0 Å². The molecule has 1 aromatic rings. The van der Waals surface area contributed by atoms with Crippen LogP contribution in [0.25, 0.3) is 0 Å². The van der Waals surface area contributed by atoms with Crippen LogP contribution in [-0.4, -0.2) is 26.9 Å². The number of amides is 1. The average molecular weight is 320 g/mol. The van der Waals surface area contributed by atoms with Crippen LogP contribution in [0.3, 0.4) is 0 Å². The van der Waals surface area contributed by atoms with Gasteiger partial charge in [-0.05, 0) is 30.8 Å². The smallest absolute Gasteiger partial charge is 0.264 e. The first-order valence-corrected chi connectivity index (χ1v) is 7.61. The summed E-state index contributed by atoms with van der Waals surface area (Å²) in [5, 5.41) is 6.90. The number of aromatic nitrogens is 2. The number of nitrogens with one attached hydrogen (secondary N) is 1. The van der Waals surface area contributed by atoms with Crippen molar-refractivity contribution in [2.75, 3.05) is 6.54 Å². The summed E-state index contributed by atoms with van der Waals surface area (Å²) in [6.07, 6.45) is 3.80. The van der Waals surface area contributed by atoms with E-state index < -0.39 is 0 Å². The molecule has 6 heteroatoms. The number of nitrogens with zero attached hydrogens (tertiary/aromatic N) is 2. The summed E-state index contributed by atoms with van der Waals surface area (Å²) in [4.78, 5) is 13.0. The van der Waals surface area contributed by atoms with E-state index in [0.29, 0.717) is 16.2 Å². The molecular weight excluding hydrogens is 302 g/mol. The molecule has 1 aromatic heterocycles. The molecule has 0 bridgehead atoms. The largest absolute Gasteiger partial charge is 0.351 e. The molecule has 1 atom stereocenters. The molecule has 0 spiro atoms. The lowest BCUT2D eigenvalue weighted by atomic mass is 10.2. The number of halogens is 1. The summed E-state index contributed by atoms with van der Waals surface area (Å²) in [6, 6.07) is 0. The molecule has 0 saturated carbocycles. The van der Waals surface area contributed by atoms with Gasteiger partial charge in [-0.3, -0.25) is 4.79 Å². The van der Waals surface area contributed by atoms with E-state index in [2.05, 4.69) is 44.7 Å². The van der Waals surface area contributed by atoms with Gasteiger partial charge in [0.2, 0.25) is 0 Å². The topological polar surface area (TPSA) is 54.9 Å². The average Bonchev–Trinajstić information content (AvgIpc) is 2.77. The van der Waals surface area contributed by atoms with Crippen LogP contribution in [0.15, 0.2) is 0 Å². The highest BCUT2D eigenvalue weighted by Crippen LogP contribution is 2.13. The Morgan fingerprint density at radius 2 is 2.29 bits per heavy atom. The van der Waals surface area contributed by atoms with E-state index in [1.54, 1.807) is 0 Å². The molecular formula is C11H18BrN3OS. The highest BCUT2D eigenvalue weighted by Gasteiger charge is 2.15.